The molecule has 2 aromatic carbocycles. The van der Waals surface area contributed by atoms with E-state index in [9.17, 15) is 9.18 Å². The number of nitrogens with one attached hydrogen (secondary N) is 1. The van der Waals surface area contributed by atoms with Crippen LogP contribution >= 0.6 is 0 Å². The summed E-state index contributed by atoms with van der Waals surface area (Å²) in [5, 5.41) is 12.6. The Morgan fingerprint density at radius 3 is 2.59 bits per heavy atom. The van der Waals surface area contributed by atoms with Crippen LogP contribution in [0, 0.1) is 24.1 Å². The molecule has 0 spiro atoms. The van der Waals surface area contributed by atoms with Crippen molar-refractivity contribution >= 4 is 18.0 Å². The number of benzene rings is 2. The Kier molecular flexibility index (Phi) is 7.91. The molecule has 0 saturated heterocycles. The van der Waals surface area contributed by atoms with Crippen molar-refractivity contribution < 1.29 is 18.7 Å². The highest BCUT2D eigenvalue weighted by molar-refractivity contribution is 6.31. The molecule has 32 heavy (non-hydrogen) atoms. The van der Waals surface area contributed by atoms with E-state index in [1.54, 1.807) is 26.1 Å². The van der Waals surface area contributed by atoms with Gasteiger partial charge < -0.3 is 20.6 Å². The average molecular weight is 439 g/mol. The Hall–Kier alpha value is -3.93. The van der Waals surface area contributed by atoms with Gasteiger partial charge in [-0.25, -0.2) is 4.39 Å². The van der Waals surface area contributed by atoms with E-state index >= 15 is 0 Å². The molecule has 0 heterocycles. The lowest BCUT2D eigenvalue weighted by Crippen LogP contribution is -2.27. The molecule has 0 fully saturated rings. The summed E-state index contributed by atoms with van der Waals surface area (Å²) in [6, 6.07) is 8.69. The molecular weight excluding hydrogens is 413 g/mol. The van der Waals surface area contributed by atoms with Crippen LogP contribution in [0.25, 0.3) is 0 Å². The summed E-state index contributed by atoms with van der Waals surface area (Å²) in [7, 11) is 1.58. The molecule has 8 nitrogen and oxygen atoms in total. The van der Waals surface area contributed by atoms with Gasteiger partial charge in [0.1, 0.15) is 40.6 Å². The van der Waals surface area contributed by atoms with Crippen LogP contribution in [0.5, 0.6) is 17.2 Å². The Bertz CT molecular complexity index is 1100. The highest BCUT2D eigenvalue weighted by Gasteiger charge is 2.22. The summed E-state index contributed by atoms with van der Waals surface area (Å²) >= 11 is 0. The van der Waals surface area contributed by atoms with Crippen LogP contribution in [-0.2, 0) is 0 Å². The zero-order chi connectivity index (χ0) is 23.9. The largest absolute Gasteiger partial charge is 0.487 e. The lowest BCUT2D eigenvalue weighted by molar-refractivity contribution is 0.0983. The molecule has 0 unspecified atom stereocenters. The van der Waals surface area contributed by atoms with Gasteiger partial charge in [-0.15, -0.1) is 0 Å². The van der Waals surface area contributed by atoms with Crippen LogP contribution in [0.4, 0.5) is 4.39 Å². The standard InChI is InChI=1S/C23H26FN5O3/c1-6-23(3,4)32-20-10-16(22(30)29-21(26)13-28-27-5)9-19(14(20)2)31-17-8-7-15(12-25)18(24)11-17/h7-11,13,27H,6H2,1-5H3,(H2,26,29,30)/b28-13-. The predicted molar refractivity (Wildman–Crippen MR) is 121 cm³/mol. The summed E-state index contributed by atoms with van der Waals surface area (Å²) in [5.41, 5.74) is 8.40. The van der Waals surface area contributed by atoms with Crippen LogP contribution in [0.3, 0.4) is 0 Å². The van der Waals surface area contributed by atoms with Crippen LogP contribution in [-0.4, -0.2) is 30.6 Å². The van der Waals surface area contributed by atoms with E-state index in [4.69, 9.17) is 20.5 Å². The first-order valence-corrected chi connectivity index (χ1v) is 9.89. The Labute approximate surface area is 186 Å². The maximum absolute atomic E-state index is 14.0. The van der Waals surface area contributed by atoms with Crippen molar-refractivity contribution in [1.82, 2.24) is 5.43 Å². The highest BCUT2D eigenvalue weighted by atomic mass is 19.1. The number of nitriles is 1. The Balaban J connectivity index is 2.53. The van der Waals surface area contributed by atoms with E-state index in [1.165, 1.54) is 24.4 Å². The molecule has 0 bridgehead atoms. The van der Waals surface area contributed by atoms with Gasteiger partial charge in [0, 0.05) is 24.2 Å². The van der Waals surface area contributed by atoms with Crippen molar-refractivity contribution in [2.75, 3.05) is 7.05 Å². The van der Waals surface area contributed by atoms with Gasteiger partial charge in [0.15, 0.2) is 0 Å². The SMILES string of the molecule is CCC(C)(C)Oc1cc(C(=O)N=C(N)/C=N\NC)cc(Oc2ccc(C#N)c(F)c2)c1C. The Morgan fingerprint density at radius 2 is 2.00 bits per heavy atom. The number of nitrogens with two attached hydrogens (primary N) is 1. The molecule has 3 N–H and O–H groups in total. The molecule has 2 rings (SSSR count). The molecule has 0 aromatic heterocycles. The number of aliphatic imine (C=N–C) groups is 1. The number of carbonyl (C=O) groups excluding carboxylic acids is 1. The summed E-state index contributed by atoms with van der Waals surface area (Å²) < 4.78 is 26.0. The molecule has 0 aliphatic carbocycles. The lowest BCUT2D eigenvalue weighted by Gasteiger charge is -2.27. The monoisotopic (exact) mass is 439 g/mol. The van der Waals surface area contributed by atoms with E-state index in [-0.39, 0.29) is 28.5 Å². The molecular formula is C23H26FN5O3. The predicted octanol–water partition coefficient (Wildman–Crippen LogP) is 4.07. The second-order valence-corrected chi connectivity index (χ2v) is 7.49. The number of ether oxygens (including phenoxy) is 2. The Morgan fingerprint density at radius 1 is 1.31 bits per heavy atom. The van der Waals surface area contributed by atoms with E-state index < -0.39 is 17.3 Å². The zero-order valence-electron chi connectivity index (χ0n) is 18.7. The molecule has 0 saturated carbocycles. The molecule has 0 aliphatic heterocycles. The van der Waals surface area contributed by atoms with E-state index in [0.717, 1.165) is 6.07 Å². The minimum Gasteiger partial charge on any atom is -0.487 e. The van der Waals surface area contributed by atoms with Gasteiger partial charge >= 0.3 is 0 Å². The highest BCUT2D eigenvalue weighted by Crippen LogP contribution is 2.36. The van der Waals surface area contributed by atoms with Gasteiger partial charge in [0.2, 0.25) is 0 Å². The number of hydrazone groups is 1. The van der Waals surface area contributed by atoms with Gasteiger partial charge in [-0.1, -0.05) is 6.92 Å². The first-order chi connectivity index (χ1) is 15.1. The van der Waals surface area contributed by atoms with Gasteiger partial charge in [0.05, 0.1) is 11.8 Å². The fraction of sp³-hybridized carbons (Fsp3) is 0.304. The number of hydrogen-bond acceptors (Lipinski definition) is 6. The van der Waals surface area contributed by atoms with E-state index in [1.807, 2.05) is 20.8 Å². The zero-order valence-corrected chi connectivity index (χ0v) is 18.7. The molecule has 0 atom stereocenters. The molecule has 0 radical (unpaired) electrons. The summed E-state index contributed by atoms with van der Waals surface area (Å²) in [6.45, 7) is 7.58. The van der Waals surface area contributed by atoms with Crippen molar-refractivity contribution in [3.8, 4) is 23.3 Å². The van der Waals surface area contributed by atoms with Gasteiger partial charge in [-0.05, 0) is 51.5 Å². The van der Waals surface area contributed by atoms with Crippen molar-refractivity contribution in [3.63, 3.8) is 0 Å². The third-order valence-corrected chi connectivity index (χ3v) is 4.64. The second-order valence-electron chi connectivity index (χ2n) is 7.49. The van der Waals surface area contributed by atoms with Crippen molar-refractivity contribution in [1.29, 1.82) is 5.26 Å². The number of rotatable bonds is 8. The lowest BCUT2D eigenvalue weighted by atomic mass is 10.0. The number of hydrogen-bond donors (Lipinski definition) is 2. The first-order valence-electron chi connectivity index (χ1n) is 9.89. The number of nitrogens with zero attached hydrogens (tertiary/aromatic N) is 3. The molecule has 1 amide bonds. The number of halogens is 1. The molecule has 9 heteroatoms. The number of amidine groups is 1. The minimum atomic E-state index is -0.709. The normalized spacial score (nSPS) is 11.8. The van der Waals surface area contributed by atoms with Crippen molar-refractivity contribution in [3.05, 3.63) is 52.8 Å². The smallest absolute Gasteiger partial charge is 0.279 e. The molecule has 168 valence electrons. The van der Waals surface area contributed by atoms with Gasteiger partial charge in [0.25, 0.3) is 5.91 Å². The number of carbonyl (C=O) groups is 1. The quantitative estimate of drug-likeness (QED) is 0.363. The summed E-state index contributed by atoms with van der Waals surface area (Å²) in [4.78, 5) is 16.5. The van der Waals surface area contributed by atoms with Gasteiger partial charge in [-0.2, -0.15) is 15.4 Å². The van der Waals surface area contributed by atoms with Crippen LogP contribution < -0.4 is 20.6 Å². The average Bonchev–Trinajstić information content (AvgIpc) is 2.74. The van der Waals surface area contributed by atoms with E-state index in [0.29, 0.717) is 17.7 Å². The van der Waals surface area contributed by atoms with E-state index in [2.05, 4.69) is 15.5 Å². The first kappa shape index (κ1) is 24.3. The fourth-order valence-electron chi connectivity index (χ4n) is 2.49. The van der Waals surface area contributed by atoms with Crippen LogP contribution in [0.2, 0.25) is 0 Å². The molecule has 2 aromatic rings. The maximum Gasteiger partial charge on any atom is 0.279 e. The second kappa shape index (κ2) is 10.4. The van der Waals surface area contributed by atoms with Crippen LogP contribution in [0.15, 0.2) is 40.4 Å². The summed E-state index contributed by atoms with van der Waals surface area (Å²) in [5.74, 6) is -0.555. The number of amides is 1. The fourth-order valence-corrected chi connectivity index (χ4v) is 2.49. The third-order valence-electron chi connectivity index (χ3n) is 4.64. The van der Waals surface area contributed by atoms with Crippen molar-refractivity contribution in [2.24, 2.45) is 15.8 Å². The minimum absolute atomic E-state index is 0.0853. The summed E-state index contributed by atoms with van der Waals surface area (Å²) in [6.07, 6.45) is 1.92. The topological polar surface area (TPSA) is 122 Å². The molecule has 0 aliphatic rings. The van der Waals surface area contributed by atoms with Crippen molar-refractivity contribution in [2.45, 2.75) is 39.7 Å². The maximum atomic E-state index is 14.0. The third kappa shape index (κ3) is 6.28. The van der Waals surface area contributed by atoms with Crippen LogP contribution in [0.1, 0.15) is 48.7 Å². The van der Waals surface area contributed by atoms with Gasteiger partial charge in [-0.3, -0.25) is 4.79 Å².